The smallest absolute Gasteiger partial charge is 0.271 e. The van der Waals surface area contributed by atoms with Gasteiger partial charge < -0.3 is 5.32 Å². The highest BCUT2D eigenvalue weighted by molar-refractivity contribution is 5.51. The van der Waals surface area contributed by atoms with Crippen LogP contribution in [0.5, 0.6) is 0 Å². The molecule has 0 unspecified atom stereocenters. The Kier molecular flexibility index (Phi) is 4.29. The minimum absolute atomic E-state index is 0.123. The van der Waals surface area contributed by atoms with Gasteiger partial charge in [0.1, 0.15) is 0 Å². The Hall–Kier alpha value is -2.21. The summed E-state index contributed by atoms with van der Waals surface area (Å²) in [5.41, 5.74) is 5.75. The maximum Gasteiger partial charge on any atom is 0.271 e. The zero-order chi connectivity index (χ0) is 17.4. The van der Waals surface area contributed by atoms with Crippen molar-refractivity contribution in [3.05, 3.63) is 50.8 Å². The third-order valence-corrected chi connectivity index (χ3v) is 5.58. The molecule has 2 aliphatic rings. The summed E-state index contributed by atoms with van der Waals surface area (Å²) in [6, 6.07) is 5.05. The van der Waals surface area contributed by atoms with Crippen LogP contribution in [0.2, 0.25) is 0 Å². The first-order valence-corrected chi connectivity index (χ1v) is 9.22. The number of aromatic nitrogens is 2. The molecule has 1 aromatic carbocycles. The van der Waals surface area contributed by atoms with E-state index < -0.39 is 0 Å². The lowest BCUT2D eigenvalue weighted by Gasteiger charge is -2.22. The first kappa shape index (κ1) is 16.3. The normalized spacial score (nSPS) is 18.1. The number of hydrogen-bond acceptors (Lipinski definition) is 4. The monoisotopic (exact) mass is 340 g/mol. The molecule has 1 aliphatic carbocycles. The van der Waals surface area contributed by atoms with E-state index in [1.165, 1.54) is 49.1 Å². The Labute approximate surface area is 147 Å². The van der Waals surface area contributed by atoms with Gasteiger partial charge in [-0.15, -0.1) is 0 Å². The van der Waals surface area contributed by atoms with Crippen molar-refractivity contribution in [2.75, 3.05) is 6.54 Å². The van der Waals surface area contributed by atoms with Gasteiger partial charge in [0.2, 0.25) is 0 Å². The van der Waals surface area contributed by atoms with Gasteiger partial charge in [0.25, 0.3) is 5.69 Å². The molecule has 1 aromatic heterocycles. The third-order valence-electron chi connectivity index (χ3n) is 5.58. The molecule has 1 aliphatic heterocycles. The highest BCUT2D eigenvalue weighted by Crippen LogP contribution is 2.36. The summed E-state index contributed by atoms with van der Waals surface area (Å²) in [6.45, 7) is 3.78. The zero-order valence-corrected chi connectivity index (χ0v) is 14.6. The average molecular weight is 340 g/mol. The van der Waals surface area contributed by atoms with Gasteiger partial charge in [0, 0.05) is 43.1 Å². The van der Waals surface area contributed by atoms with Crippen molar-refractivity contribution < 1.29 is 4.92 Å². The van der Waals surface area contributed by atoms with E-state index >= 15 is 0 Å². The van der Waals surface area contributed by atoms with Crippen molar-refractivity contribution in [3.63, 3.8) is 0 Å². The van der Waals surface area contributed by atoms with Crippen LogP contribution in [0, 0.1) is 17.0 Å². The van der Waals surface area contributed by atoms with Gasteiger partial charge in [-0.1, -0.05) is 25.3 Å². The molecule has 1 fully saturated rings. The summed E-state index contributed by atoms with van der Waals surface area (Å²) in [7, 11) is 0. The maximum absolute atomic E-state index is 11.2. The van der Waals surface area contributed by atoms with Crippen molar-refractivity contribution >= 4 is 5.69 Å². The highest BCUT2D eigenvalue weighted by Gasteiger charge is 2.28. The summed E-state index contributed by atoms with van der Waals surface area (Å²) in [5.74, 6) is 0.530. The number of fused-ring (bicyclic) bond motifs is 1. The summed E-state index contributed by atoms with van der Waals surface area (Å²) in [5, 5.41) is 19.7. The predicted molar refractivity (Wildman–Crippen MR) is 96.2 cm³/mol. The summed E-state index contributed by atoms with van der Waals surface area (Å²) in [6.07, 6.45) is 7.19. The van der Waals surface area contributed by atoms with Crippen molar-refractivity contribution in [1.82, 2.24) is 15.1 Å². The molecular formula is C19H24N4O2. The molecule has 1 saturated carbocycles. The van der Waals surface area contributed by atoms with Crippen LogP contribution in [0.3, 0.4) is 0 Å². The number of rotatable bonds is 3. The molecule has 6 nitrogen and oxygen atoms in total. The first-order chi connectivity index (χ1) is 12.1. The number of hydrogen-bond donors (Lipinski definition) is 1. The van der Waals surface area contributed by atoms with Crippen LogP contribution in [-0.4, -0.2) is 21.2 Å². The molecule has 0 spiro atoms. The second kappa shape index (κ2) is 6.59. The van der Waals surface area contributed by atoms with E-state index in [1.807, 2.05) is 17.7 Å². The highest BCUT2D eigenvalue weighted by atomic mass is 16.6. The number of nitrogens with one attached hydrogen (secondary N) is 1. The SMILES string of the molecule is Cc1ccc([N+](=O)[O-])cc1-n1nc(C2CCCCC2)c2c1CCNC2. The molecule has 2 heterocycles. The fraction of sp³-hybridized carbons (Fsp3) is 0.526. The molecule has 0 bridgehead atoms. The Morgan fingerprint density at radius 2 is 2.08 bits per heavy atom. The minimum Gasteiger partial charge on any atom is -0.312 e. The second-order valence-electron chi connectivity index (χ2n) is 7.21. The van der Waals surface area contributed by atoms with Gasteiger partial charge >= 0.3 is 0 Å². The van der Waals surface area contributed by atoms with E-state index in [0.717, 1.165) is 30.8 Å². The standard InChI is InChI=1S/C19H24N4O2/c1-13-7-8-15(23(24)25)11-18(13)22-17-9-10-20-12-16(17)19(21-22)14-5-3-2-4-6-14/h7-8,11,14,20H,2-6,9-10,12H2,1H3. The van der Waals surface area contributed by atoms with Crippen molar-refractivity contribution in [2.24, 2.45) is 0 Å². The lowest BCUT2D eigenvalue weighted by molar-refractivity contribution is -0.384. The van der Waals surface area contributed by atoms with E-state index in [0.29, 0.717) is 5.92 Å². The number of benzene rings is 1. The third kappa shape index (κ3) is 2.95. The van der Waals surface area contributed by atoms with Crippen molar-refractivity contribution in [3.8, 4) is 5.69 Å². The molecule has 0 amide bonds. The Bertz CT molecular complexity index is 806. The quantitative estimate of drug-likeness (QED) is 0.681. The summed E-state index contributed by atoms with van der Waals surface area (Å²) in [4.78, 5) is 10.9. The fourth-order valence-corrected chi connectivity index (χ4v) is 4.22. The molecule has 132 valence electrons. The molecule has 0 saturated heterocycles. The van der Waals surface area contributed by atoms with Crippen molar-refractivity contribution in [2.45, 2.75) is 57.9 Å². The molecule has 2 aromatic rings. The molecule has 1 N–H and O–H groups in total. The fourth-order valence-electron chi connectivity index (χ4n) is 4.22. The van der Waals surface area contributed by atoms with E-state index in [2.05, 4.69) is 5.32 Å². The van der Waals surface area contributed by atoms with E-state index in [-0.39, 0.29) is 10.6 Å². The van der Waals surface area contributed by atoms with Gasteiger partial charge in [0.05, 0.1) is 22.0 Å². The molecule has 0 radical (unpaired) electrons. The molecule has 0 atom stereocenters. The Morgan fingerprint density at radius 3 is 2.84 bits per heavy atom. The van der Waals surface area contributed by atoms with Crippen LogP contribution in [0.25, 0.3) is 5.69 Å². The molecule has 6 heteroatoms. The van der Waals surface area contributed by atoms with E-state index in [1.54, 1.807) is 12.1 Å². The van der Waals surface area contributed by atoms with Crippen LogP contribution < -0.4 is 5.32 Å². The molecular weight excluding hydrogens is 316 g/mol. The van der Waals surface area contributed by atoms with Crippen LogP contribution in [0.4, 0.5) is 5.69 Å². The lowest BCUT2D eigenvalue weighted by Crippen LogP contribution is -2.25. The Balaban J connectivity index is 1.83. The van der Waals surface area contributed by atoms with Crippen LogP contribution in [0.15, 0.2) is 18.2 Å². The topological polar surface area (TPSA) is 73.0 Å². The number of aryl methyl sites for hydroxylation is 1. The predicted octanol–water partition coefficient (Wildman–Crippen LogP) is 3.78. The Morgan fingerprint density at radius 1 is 1.28 bits per heavy atom. The van der Waals surface area contributed by atoms with Crippen molar-refractivity contribution in [1.29, 1.82) is 0 Å². The van der Waals surface area contributed by atoms with Crippen LogP contribution >= 0.6 is 0 Å². The minimum atomic E-state index is -0.331. The van der Waals surface area contributed by atoms with Gasteiger partial charge in [-0.25, -0.2) is 4.68 Å². The number of non-ortho nitro benzene ring substituents is 1. The van der Waals surface area contributed by atoms with Gasteiger partial charge in [-0.05, 0) is 25.3 Å². The van der Waals surface area contributed by atoms with Crippen LogP contribution in [0.1, 0.15) is 60.5 Å². The largest absolute Gasteiger partial charge is 0.312 e. The number of nitro benzene ring substituents is 1. The molecule has 25 heavy (non-hydrogen) atoms. The zero-order valence-electron chi connectivity index (χ0n) is 14.6. The summed E-state index contributed by atoms with van der Waals surface area (Å²) < 4.78 is 1.99. The van der Waals surface area contributed by atoms with Crippen LogP contribution in [-0.2, 0) is 13.0 Å². The first-order valence-electron chi connectivity index (χ1n) is 9.22. The van der Waals surface area contributed by atoms with Gasteiger partial charge in [-0.3, -0.25) is 10.1 Å². The van der Waals surface area contributed by atoms with Gasteiger partial charge in [0.15, 0.2) is 0 Å². The molecule has 4 rings (SSSR count). The lowest BCUT2D eigenvalue weighted by atomic mass is 9.84. The maximum atomic E-state index is 11.2. The average Bonchev–Trinajstić information content (AvgIpc) is 3.02. The number of nitro groups is 1. The van der Waals surface area contributed by atoms with E-state index in [9.17, 15) is 10.1 Å². The summed E-state index contributed by atoms with van der Waals surface area (Å²) >= 11 is 0. The van der Waals surface area contributed by atoms with E-state index in [4.69, 9.17) is 5.10 Å². The van der Waals surface area contributed by atoms with Gasteiger partial charge in [-0.2, -0.15) is 5.10 Å². The second-order valence-corrected chi connectivity index (χ2v) is 7.21. The number of nitrogens with zero attached hydrogens (tertiary/aromatic N) is 3.